The first-order valence-corrected chi connectivity index (χ1v) is 7.13. The minimum Gasteiger partial charge on any atom is -0.306 e. The molecule has 2 nitrogen and oxygen atoms in total. The molecular weight excluding hydrogens is 216 g/mol. The average Bonchev–Trinajstić information content (AvgIpc) is 2.87. The lowest BCUT2D eigenvalue weighted by Crippen LogP contribution is -2.36. The van der Waals surface area contributed by atoms with Crippen molar-refractivity contribution < 1.29 is 0 Å². The van der Waals surface area contributed by atoms with Gasteiger partial charge in [0.15, 0.2) is 0 Å². The molecule has 3 heteroatoms. The molecule has 0 aliphatic carbocycles. The third-order valence-corrected chi connectivity index (χ3v) is 4.18. The molecule has 2 atom stereocenters. The van der Waals surface area contributed by atoms with Crippen molar-refractivity contribution in [3.63, 3.8) is 0 Å². The van der Waals surface area contributed by atoms with Crippen LogP contribution in [-0.4, -0.2) is 30.1 Å². The summed E-state index contributed by atoms with van der Waals surface area (Å²) in [5, 5.41) is 8.13. The van der Waals surface area contributed by atoms with E-state index < -0.39 is 0 Å². The minimum absolute atomic E-state index is 0.489. The van der Waals surface area contributed by atoms with Crippen molar-refractivity contribution in [3.05, 3.63) is 22.4 Å². The number of nitrogens with one attached hydrogen (secondary N) is 1. The maximum absolute atomic E-state index is 3.73. The highest BCUT2D eigenvalue weighted by Gasteiger charge is 2.25. The maximum atomic E-state index is 3.73. The highest BCUT2D eigenvalue weighted by atomic mass is 32.1. The Bertz CT molecular complexity index is 308. The van der Waals surface area contributed by atoms with Crippen LogP contribution in [0.3, 0.4) is 0 Å². The molecular formula is C13H22N2S. The van der Waals surface area contributed by atoms with Crippen molar-refractivity contribution in [1.82, 2.24) is 10.2 Å². The quantitative estimate of drug-likeness (QED) is 0.867. The predicted molar refractivity (Wildman–Crippen MR) is 71.0 cm³/mol. The first-order chi connectivity index (χ1) is 7.66. The summed E-state index contributed by atoms with van der Waals surface area (Å²) in [5.41, 5.74) is 1.42. The van der Waals surface area contributed by atoms with Crippen molar-refractivity contribution in [2.45, 2.75) is 45.3 Å². The molecule has 2 rings (SSSR count). The van der Waals surface area contributed by atoms with Gasteiger partial charge in [-0.2, -0.15) is 11.3 Å². The van der Waals surface area contributed by atoms with Gasteiger partial charge in [0.2, 0.25) is 0 Å². The summed E-state index contributed by atoms with van der Waals surface area (Å²) in [4.78, 5) is 2.55. The van der Waals surface area contributed by atoms with Crippen LogP contribution in [-0.2, 0) is 0 Å². The Morgan fingerprint density at radius 2 is 2.25 bits per heavy atom. The first-order valence-electron chi connectivity index (χ1n) is 6.19. The molecule has 1 fully saturated rings. The van der Waals surface area contributed by atoms with Gasteiger partial charge in [0.1, 0.15) is 0 Å². The Hall–Kier alpha value is -0.380. The summed E-state index contributed by atoms with van der Waals surface area (Å²) in [7, 11) is 0. The van der Waals surface area contributed by atoms with Crippen LogP contribution in [0.1, 0.15) is 38.8 Å². The van der Waals surface area contributed by atoms with Gasteiger partial charge in [0.25, 0.3) is 0 Å². The smallest absolute Gasteiger partial charge is 0.0303 e. The van der Waals surface area contributed by atoms with Crippen molar-refractivity contribution in [3.8, 4) is 0 Å². The minimum atomic E-state index is 0.489. The standard InChI is InChI=1S/C13H22N2S/c1-10(2)15-6-4-13(8-15)14-11(3)12-5-7-16-9-12/h5,7,9-11,13-14H,4,6,8H2,1-3H3. The molecule has 0 aromatic carbocycles. The van der Waals surface area contributed by atoms with Crippen molar-refractivity contribution >= 4 is 11.3 Å². The molecule has 1 N–H and O–H groups in total. The van der Waals surface area contributed by atoms with Gasteiger partial charge in [-0.15, -0.1) is 0 Å². The maximum Gasteiger partial charge on any atom is 0.0303 e. The predicted octanol–water partition coefficient (Wildman–Crippen LogP) is 2.88. The average molecular weight is 238 g/mol. The van der Waals surface area contributed by atoms with Gasteiger partial charge in [0.05, 0.1) is 0 Å². The van der Waals surface area contributed by atoms with Gasteiger partial charge in [0, 0.05) is 24.7 Å². The first kappa shape index (κ1) is 12.1. The van der Waals surface area contributed by atoms with Crippen LogP contribution < -0.4 is 5.32 Å². The lowest BCUT2D eigenvalue weighted by atomic mass is 10.1. The molecule has 1 aliphatic heterocycles. The fourth-order valence-electron chi connectivity index (χ4n) is 2.36. The Labute approximate surface area is 103 Å². The largest absolute Gasteiger partial charge is 0.306 e. The van der Waals surface area contributed by atoms with Crippen LogP contribution in [0.2, 0.25) is 0 Å². The second-order valence-corrected chi connectivity index (χ2v) is 5.80. The van der Waals surface area contributed by atoms with Gasteiger partial charge in [-0.05, 0) is 56.1 Å². The zero-order valence-corrected chi connectivity index (χ0v) is 11.3. The van der Waals surface area contributed by atoms with Crippen LogP contribution in [0.25, 0.3) is 0 Å². The van der Waals surface area contributed by atoms with Crippen LogP contribution >= 0.6 is 11.3 Å². The molecule has 1 aromatic heterocycles. The van der Waals surface area contributed by atoms with E-state index in [4.69, 9.17) is 0 Å². The topological polar surface area (TPSA) is 15.3 Å². The highest BCUT2D eigenvalue weighted by Crippen LogP contribution is 2.19. The van der Waals surface area contributed by atoms with Gasteiger partial charge in [-0.1, -0.05) is 0 Å². The number of thiophene rings is 1. The molecule has 1 saturated heterocycles. The summed E-state index contributed by atoms with van der Waals surface area (Å²) in [6.07, 6.45) is 1.28. The molecule has 0 radical (unpaired) electrons. The number of hydrogen-bond acceptors (Lipinski definition) is 3. The van der Waals surface area contributed by atoms with E-state index in [1.54, 1.807) is 11.3 Å². The third-order valence-electron chi connectivity index (χ3n) is 3.48. The molecule has 90 valence electrons. The molecule has 16 heavy (non-hydrogen) atoms. The molecule has 1 aliphatic rings. The third kappa shape index (κ3) is 2.84. The Balaban J connectivity index is 1.83. The fourth-order valence-corrected chi connectivity index (χ4v) is 3.12. The van der Waals surface area contributed by atoms with E-state index in [9.17, 15) is 0 Å². The van der Waals surface area contributed by atoms with Gasteiger partial charge >= 0.3 is 0 Å². The Morgan fingerprint density at radius 3 is 2.81 bits per heavy atom. The second-order valence-electron chi connectivity index (χ2n) is 5.02. The van der Waals surface area contributed by atoms with Crippen LogP contribution in [0.5, 0.6) is 0 Å². The van der Waals surface area contributed by atoms with E-state index in [0.29, 0.717) is 18.1 Å². The van der Waals surface area contributed by atoms with Crippen molar-refractivity contribution in [2.24, 2.45) is 0 Å². The molecule has 2 unspecified atom stereocenters. The normalized spacial score (nSPS) is 24.1. The van der Waals surface area contributed by atoms with Crippen molar-refractivity contribution in [2.75, 3.05) is 13.1 Å². The molecule has 2 heterocycles. The molecule has 0 saturated carbocycles. The van der Waals surface area contributed by atoms with E-state index >= 15 is 0 Å². The van der Waals surface area contributed by atoms with E-state index in [1.807, 2.05) is 0 Å². The molecule has 1 aromatic rings. The van der Waals surface area contributed by atoms with E-state index in [0.717, 1.165) is 0 Å². The molecule has 0 spiro atoms. The van der Waals surface area contributed by atoms with Crippen LogP contribution in [0, 0.1) is 0 Å². The summed E-state index contributed by atoms with van der Waals surface area (Å²) < 4.78 is 0. The van der Waals surface area contributed by atoms with Gasteiger partial charge in [-0.3, -0.25) is 4.90 Å². The summed E-state index contributed by atoms with van der Waals surface area (Å²) >= 11 is 1.78. The molecule has 0 bridgehead atoms. The SMILES string of the molecule is CC(NC1CCN(C(C)C)C1)c1ccsc1. The number of likely N-dealkylation sites (tertiary alicyclic amines) is 1. The summed E-state index contributed by atoms with van der Waals surface area (Å²) in [6, 6.07) is 4.06. The zero-order chi connectivity index (χ0) is 11.5. The number of nitrogens with zero attached hydrogens (tertiary/aromatic N) is 1. The molecule has 0 amide bonds. The summed E-state index contributed by atoms with van der Waals surface area (Å²) in [6.45, 7) is 9.27. The van der Waals surface area contributed by atoms with Crippen molar-refractivity contribution in [1.29, 1.82) is 0 Å². The number of hydrogen-bond donors (Lipinski definition) is 1. The lowest BCUT2D eigenvalue weighted by Gasteiger charge is -2.22. The highest BCUT2D eigenvalue weighted by molar-refractivity contribution is 7.07. The van der Waals surface area contributed by atoms with E-state index in [2.05, 4.69) is 47.8 Å². The lowest BCUT2D eigenvalue weighted by molar-refractivity contribution is 0.266. The Kier molecular flexibility index (Phi) is 4.00. The summed E-state index contributed by atoms with van der Waals surface area (Å²) in [5.74, 6) is 0. The fraction of sp³-hybridized carbons (Fsp3) is 0.692. The zero-order valence-electron chi connectivity index (χ0n) is 10.4. The van der Waals surface area contributed by atoms with E-state index in [1.165, 1.54) is 25.1 Å². The van der Waals surface area contributed by atoms with Crippen LogP contribution in [0.15, 0.2) is 16.8 Å². The second kappa shape index (κ2) is 5.30. The monoisotopic (exact) mass is 238 g/mol. The van der Waals surface area contributed by atoms with Gasteiger partial charge < -0.3 is 5.32 Å². The van der Waals surface area contributed by atoms with Gasteiger partial charge in [-0.25, -0.2) is 0 Å². The Morgan fingerprint density at radius 1 is 1.44 bits per heavy atom. The van der Waals surface area contributed by atoms with Crippen LogP contribution in [0.4, 0.5) is 0 Å². The van der Waals surface area contributed by atoms with E-state index in [-0.39, 0.29) is 0 Å². The number of rotatable bonds is 4.